The number of para-hydroxylation sites is 1. The van der Waals surface area contributed by atoms with Gasteiger partial charge in [-0.1, -0.05) is 31.4 Å². The molecular weight excluding hydrogens is 348 g/mol. The Hall–Kier alpha value is -3.01. The van der Waals surface area contributed by atoms with Gasteiger partial charge in [0.2, 0.25) is 0 Å². The highest BCUT2D eigenvalue weighted by Crippen LogP contribution is 2.31. The Morgan fingerprint density at radius 3 is 2.59 bits per heavy atom. The monoisotopic (exact) mass is 372 g/mol. The Balaban J connectivity index is 1.90. The molecule has 0 bridgehead atoms. The van der Waals surface area contributed by atoms with Crippen molar-refractivity contribution in [2.45, 2.75) is 37.6 Å². The minimum Gasteiger partial charge on any atom is -0.493 e. The van der Waals surface area contributed by atoms with E-state index in [9.17, 15) is 14.9 Å². The van der Waals surface area contributed by atoms with E-state index in [0.717, 1.165) is 19.3 Å². The van der Waals surface area contributed by atoms with Crippen molar-refractivity contribution in [3.63, 3.8) is 0 Å². The number of carbonyl (C=O) groups excluding carboxylic acids is 2. The third-order valence-electron chi connectivity index (χ3n) is 4.48. The molecule has 0 radical (unpaired) electrons. The van der Waals surface area contributed by atoms with E-state index in [0.29, 0.717) is 29.9 Å². The lowest BCUT2D eigenvalue weighted by atomic mass is 9.83. The van der Waals surface area contributed by atoms with Crippen molar-refractivity contribution < 1.29 is 23.8 Å². The molecule has 27 heavy (non-hydrogen) atoms. The molecule has 1 N–H and O–H groups in total. The Morgan fingerprint density at radius 2 is 1.96 bits per heavy atom. The normalized spacial score (nSPS) is 15.6. The SMILES string of the molecule is COc1cccc(/C=C/C(=O)OCC(=O)NC2(C#N)CCCCC2)c1OC. The van der Waals surface area contributed by atoms with Gasteiger partial charge in [-0.3, -0.25) is 4.79 Å². The first kappa shape index (κ1) is 20.3. The second kappa shape index (κ2) is 9.62. The maximum absolute atomic E-state index is 12.0. The quantitative estimate of drug-likeness (QED) is 0.584. The van der Waals surface area contributed by atoms with Gasteiger partial charge in [0, 0.05) is 11.6 Å². The number of rotatable bonds is 7. The van der Waals surface area contributed by atoms with Crippen molar-refractivity contribution in [3.05, 3.63) is 29.8 Å². The molecule has 1 aromatic rings. The fourth-order valence-corrected chi connectivity index (χ4v) is 3.11. The predicted molar refractivity (Wildman–Crippen MR) is 99.1 cm³/mol. The first-order valence-electron chi connectivity index (χ1n) is 8.81. The van der Waals surface area contributed by atoms with Crippen molar-refractivity contribution in [2.24, 2.45) is 0 Å². The number of hydrogen-bond donors (Lipinski definition) is 1. The molecule has 0 aliphatic heterocycles. The van der Waals surface area contributed by atoms with Gasteiger partial charge in [-0.15, -0.1) is 0 Å². The fraction of sp³-hybridized carbons (Fsp3) is 0.450. The van der Waals surface area contributed by atoms with E-state index in [1.165, 1.54) is 26.4 Å². The predicted octanol–water partition coefficient (Wildman–Crippen LogP) is 2.60. The van der Waals surface area contributed by atoms with E-state index in [4.69, 9.17) is 14.2 Å². The summed E-state index contributed by atoms with van der Waals surface area (Å²) in [6, 6.07) is 7.47. The largest absolute Gasteiger partial charge is 0.493 e. The standard InChI is InChI=1S/C20H24N2O5/c1-25-16-8-6-7-15(19(16)26-2)9-10-18(24)27-13-17(23)22-20(14-21)11-4-3-5-12-20/h6-10H,3-5,11-13H2,1-2H3,(H,22,23)/b10-9+. The van der Waals surface area contributed by atoms with Crippen molar-refractivity contribution in [1.29, 1.82) is 5.26 Å². The Labute approximate surface area is 158 Å². The number of carbonyl (C=O) groups is 2. The molecular formula is C20H24N2O5. The number of esters is 1. The molecule has 1 aliphatic carbocycles. The molecule has 1 amide bonds. The van der Waals surface area contributed by atoms with Crippen molar-refractivity contribution >= 4 is 18.0 Å². The Morgan fingerprint density at radius 1 is 1.22 bits per heavy atom. The Bertz CT molecular complexity index is 745. The maximum atomic E-state index is 12.0. The molecule has 0 saturated heterocycles. The minimum absolute atomic E-state index is 0.429. The van der Waals surface area contributed by atoms with Crippen LogP contribution in [0.1, 0.15) is 37.7 Å². The summed E-state index contributed by atoms with van der Waals surface area (Å²) < 4.78 is 15.5. The van der Waals surface area contributed by atoms with Gasteiger partial charge in [0.05, 0.1) is 20.3 Å². The summed E-state index contributed by atoms with van der Waals surface area (Å²) in [7, 11) is 3.03. The van der Waals surface area contributed by atoms with Gasteiger partial charge >= 0.3 is 5.97 Å². The number of nitrogens with zero attached hydrogens (tertiary/aromatic N) is 1. The van der Waals surface area contributed by atoms with E-state index in [-0.39, 0.29) is 0 Å². The highest BCUT2D eigenvalue weighted by Gasteiger charge is 2.33. The van der Waals surface area contributed by atoms with Crippen LogP contribution in [0.15, 0.2) is 24.3 Å². The number of nitriles is 1. The third kappa shape index (κ3) is 5.48. The first-order valence-corrected chi connectivity index (χ1v) is 8.81. The van der Waals surface area contributed by atoms with Crippen LogP contribution in [0.2, 0.25) is 0 Å². The minimum atomic E-state index is -0.842. The van der Waals surface area contributed by atoms with E-state index < -0.39 is 24.0 Å². The average molecular weight is 372 g/mol. The van der Waals surface area contributed by atoms with Gasteiger partial charge in [0.1, 0.15) is 5.54 Å². The summed E-state index contributed by atoms with van der Waals surface area (Å²) in [5, 5.41) is 12.1. The van der Waals surface area contributed by atoms with Crippen LogP contribution in [0.5, 0.6) is 11.5 Å². The lowest BCUT2D eigenvalue weighted by molar-refractivity contribution is -0.144. The molecule has 0 spiro atoms. The smallest absolute Gasteiger partial charge is 0.331 e. The molecule has 144 valence electrons. The zero-order valence-corrected chi connectivity index (χ0v) is 15.6. The third-order valence-corrected chi connectivity index (χ3v) is 4.48. The number of nitrogens with one attached hydrogen (secondary N) is 1. The first-order chi connectivity index (χ1) is 13.0. The topological polar surface area (TPSA) is 97.6 Å². The number of methoxy groups -OCH3 is 2. The molecule has 1 fully saturated rings. The van der Waals surface area contributed by atoms with Crippen LogP contribution >= 0.6 is 0 Å². The number of benzene rings is 1. The van der Waals surface area contributed by atoms with Gasteiger partial charge < -0.3 is 19.5 Å². The molecule has 0 aromatic heterocycles. The zero-order valence-electron chi connectivity index (χ0n) is 15.6. The van der Waals surface area contributed by atoms with E-state index in [1.807, 2.05) is 0 Å². The molecule has 2 rings (SSSR count). The van der Waals surface area contributed by atoms with Gasteiger partial charge in [0.25, 0.3) is 5.91 Å². The molecule has 0 unspecified atom stereocenters. The average Bonchev–Trinajstić information content (AvgIpc) is 2.70. The van der Waals surface area contributed by atoms with Gasteiger partial charge in [0.15, 0.2) is 18.1 Å². The second-order valence-electron chi connectivity index (χ2n) is 6.33. The summed E-state index contributed by atoms with van der Waals surface area (Å²) in [5.41, 5.74) is -0.199. The molecule has 7 nitrogen and oxygen atoms in total. The van der Waals surface area contributed by atoms with Crippen LogP contribution in [0.3, 0.4) is 0 Å². The number of amides is 1. The summed E-state index contributed by atoms with van der Waals surface area (Å²) in [6.45, 7) is -0.429. The molecule has 1 aliphatic rings. The fourth-order valence-electron chi connectivity index (χ4n) is 3.11. The van der Waals surface area contributed by atoms with E-state index >= 15 is 0 Å². The van der Waals surface area contributed by atoms with Crippen molar-refractivity contribution in [3.8, 4) is 17.6 Å². The summed E-state index contributed by atoms with van der Waals surface area (Å²) in [5.74, 6) is -0.0967. The lowest BCUT2D eigenvalue weighted by Gasteiger charge is -2.31. The molecule has 7 heteroatoms. The number of hydrogen-bond acceptors (Lipinski definition) is 6. The van der Waals surface area contributed by atoms with Crippen LogP contribution in [0.4, 0.5) is 0 Å². The van der Waals surface area contributed by atoms with Gasteiger partial charge in [-0.05, 0) is 25.0 Å². The molecule has 1 aromatic carbocycles. The molecule has 0 heterocycles. The van der Waals surface area contributed by atoms with Crippen LogP contribution in [-0.2, 0) is 14.3 Å². The van der Waals surface area contributed by atoms with E-state index in [1.54, 1.807) is 18.2 Å². The Kier molecular flexibility index (Phi) is 7.24. The van der Waals surface area contributed by atoms with Crippen molar-refractivity contribution in [2.75, 3.05) is 20.8 Å². The molecule has 1 saturated carbocycles. The van der Waals surface area contributed by atoms with Crippen molar-refractivity contribution in [1.82, 2.24) is 5.32 Å². The highest BCUT2D eigenvalue weighted by atomic mass is 16.5. The number of ether oxygens (including phenoxy) is 3. The van der Waals surface area contributed by atoms with E-state index in [2.05, 4.69) is 11.4 Å². The van der Waals surface area contributed by atoms with Crippen LogP contribution in [-0.4, -0.2) is 38.2 Å². The van der Waals surface area contributed by atoms with Crippen LogP contribution in [0, 0.1) is 11.3 Å². The highest BCUT2D eigenvalue weighted by molar-refractivity contribution is 5.90. The van der Waals surface area contributed by atoms with Gasteiger partial charge in [-0.2, -0.15) is 5.26 Å². The summed E-state index contributed by atoms with van der Waals surface area (Å²) in [6.07, 6.45) is 6.85. The van der Waals surface area contributed by atoms with Crippen LogP contribution < -0.4 is 14.8 Å². The molecule has 0 atom stereocenters. The summed E-state index contributed by atoms with van der Waals surface area (Å²) in [4.78, 5) is 23.9. The second-order valence-corrected chi connectivity index (χ2v) is 6.33. The lowest BCUT2D eigenvalue weighted by Crippen LogP contribution is -2.49. The maximum Gasteiger partial charge on any atom is 0.331 e. The summed E-state index contributed by atoms with van der Waals surface area (Å²) >= 11 is 0. The van der Waals surface area contributed by atoms with Crippen LogP contribution in [0.25, 0.3) is 6.08 Å². The zero-order chi connectivity index (χ0) is 19.7. The van der Waals surface area contributed by atoms with Gasteiger partial charge in [-0.25, -0.2) is 4.79 Å².